The number of amides is 1. The summed E-state index contributed by atoms with van der Waals surface area (Å²) in [4.78, 5) is 13.5. The Morgan fingerprint density at radius 2 is 1.88 bits per heavy atom. The van der Waals surface area contributed by atoms with Gasteiger partial charge in [-0.25, -0.2) is 0 Å². The first-order valence-electron chi connectivity index (χ1n) is 8.39. The summed E-state index contributed by atoms with van der Waals surface area (Å²) in [6.07, 6.45) is 0.158. The van der Waals surface area contributed by atoms with E-state index in [-0.39, 0.29) is 5.91 Å². The van der Waals surface area contributed by atoms with Crippen LogP contribution in [0.4, 0.5) is 0 Å². The highest BCUT2D eigenvalue weighted by Gasteiger charge is 2.18. The van der Waals surface area contributed by atoms with E-state index in [4.69, 9.17) is 16.3 Å². The largest absolute Gasteiger partial charge is 0.481 e. The Morgan fingerprint density at radius 1 is 1.16 bits per heavy atom. The number of hydrogen-bond donors (Lipinski definition) is 1. The highest BCUT2D eigenvalue weighted by atomic mass is 35.5. The summed E-state index contributed by atoms with van der Waals surface area (Å²) in [6.45, 7) is 6.64. The number of benzene rings is 2. The third-order valence-electron chi connectivity index (χ3n) is 3.90. The van der Waals surface area contributed by atoms with Crippen LogP contribution in [0.2, 0.25) is 5.02 Å². The van der Waals surface area contributed by atoms with Crippen LogP contribution in [-0.2, 0) is 4.79 Å². The molecule has 5 heteroatoms. The van der Waals surface area contributed by atoms with Crippen LogP contribution >= 0.6 is 23.4 Å². The molecule has 2 aromatic rings. The summed E-state index contributed by atoms with van der Waals surface area (Å²) in [5.74, 6) is 1.46. The predicted octanol–water partition coefficient (Wildman–Crippen LogP) is 5.02. The van der Waals surface area contributed by atoms with E-state index in [2.05, 4.69) is 12.2 Å². The molecule has 25 heavy (non-hydrogen) atoms. The van der Waals surface area contributed by atoms with Gasteiger partial charge in [-0.3, -0.25) is 4.79 Å². The van der Waals surface area contributed by atoms with Crippen LogP contribution in [0.5, 0.6) is 5.75 Å². The zero-order valence-corrected chi connectivity index (χ0v) is 16.4. The van der Waals surface area contributed by atoms with Crippen molar-refractivity contribution in [3.05, 3.63) is 58.6 Å². The van der Waals surface area contributed by atoms with Crippen molar-refractivity contribution in [3.63, 3.8) is 0 Å². The normalized spacial score (nSPS) is 11.8. The number of rotatable bonds is 8. The Hall–Kier alpha value is -1.65. The minimum Gasteiger partial charge on any atom is -0.481 e. The van der Waals surface area contributed by atoms with Gasteiger partial charge in [-0.2, -0.15) is 0 Å². The monoisotopic (exact) mass is 377 g/mol. The van der Waals surface area contributed by atoms with Gasteiger partial charge < -0.3 is 10.1 Å². The molecule has 0 heterocycles. The third kappa shape index (κ3) is 6.29. The van der Waals surface area contributed by atoms with E-state index >= 15 is 0 Å². The molecule has 2 rings (SSSR count). The molecule has 0 saturated carbocycles. The topological polar surface area (TPSA) is 38.3 Å². The number of halogens is 1. The zero-order valence-electron chi connectivity index (χ0n) is 14.8. The number of nitrogens with one attached hydrogen (secondary N) is 1. The van der Waals surface area contributed by atoms with Crippen molar-refractivity contribution < 1.29 is 9.53 Å². The lowest BCUT2D eigenvalue weighted by molar-refractivity contribution is -0.127. The molecular formula is C20H24ClNO2S. The van der Waals surface area contributed by atoms with E-state index in [9.17, 15) is 4.79 Å². The van der Waals surface area contributed by atoms with Crippen LogP contribution in [-0.4, -0.2) is 24.3 Å². The molecule has 0 aromatic heterocycles. The summed E-state index contributed by atoms with van der Waals surface area (Å²) in [5, 5.41) is 3.68. The van der Waals surface area contributed by atoms with Gasteiger partial charge >= 0.3 is 0 Å². The third-order valence-corrected chi connectivity index (χ3v) is 5.17. The number of hydrogen-bond acceptors (Lipinski definition) is 3. The summed E-state index contributed by atoms with van der Waals surface area (Å²) in [6, 6.07) is 13.6. The second-order valence-corrected chi connectivity index (χ2v) is 7.46. The Bertz CT molecular complexity index is 703. The summed E-state index contributed by atoms with van der Waals surface area (Å²) >= 11 is 7.55. The first-order chi connectivity index (χ1) is 12.0. The van der Waals surface area contributed by atoms with Crippen molar-refractivity contribution in [2.75, 3.05) is 12.3 Å². The van der Waals surface area contributed by atoms with Crippen molar-refractivity contribution in [2.24, 2.45) is 0 Å². The van der Waals surface area contributed by atoms with Gasteiger partial charge in [-0.15, -0.1) is 11.8 Å². The summed E-state index contributed by atoms with van der Waals surface area (Å²) in [7, 11) is 0. The fourth-order valence-electron chi connectivity index (χ4n) is 2.26. The molecule has 1 N–H and O–H groups in total. The predicted molar refractivity (Wildman–Crippen MR) is 106 cm³/mol. The second-order valence-electron chi connectivity index (χ2n) is 5.85. The van der Waals surface area contributed by atoms with Crippen LogP contribution in [0.3, 0.4) is 0 Å². The fourth-order valence-corrected chi connectivity index (χ4v) is 3.16. The molecule has 0 bridgehead atoms. The van der Waals surface area contributed by atoms with Gasteiger partial charge in [0.1, 0.15) is 5.75 Å². The first-order valence-corrected chi connectivity index (χ1v) is 9.76. The van der Waals surface area contributed by atoms with E-state index in [1.54, 1.807) is 11.8 Å². The zero-order chi connectivity index (χ0) is 18.2. The standard InChI is InChI=1S/C20H24ClNO2S/c1-4-19(24-17-8-5-14(2)15(3)13-17)20(23)22-11-12-25-18-9-6-16(21)7-10-18/h5-10,13,19H,4,11-12H2,1-3H3,(H,22,23). The molecule has 0 saturated heterocycles. The van der Waals surface area contributed by atoms with Crippen LogP contribution in [0.1, 0.15) is 24.5 Å². The average molecular weight is 378 g/mol. The Morgan fingerprint density at radius 3 is 2.52 bits per heavy atom. The summed E-state index contributed by atoms with van der Waals surface area (Å²) < 4.78 is 5.86. The molecule has 1 amide bonds. The molecule has 0 aliphatic rings. The number of thioether (sulfide) groups is 1. The van der Waals surface area contributed by atoms with E-state index < -0.39 is 6.10 Å². The van der Waals surface area contributed by atoms with Gasteiger partial charge in [-0.05, 0) is 67.8 Å². The molecule has 1 atom stereocenters. The molecule has 134 valence electrons. The lowest BCUT2D eigenvalue weighted by atomic mass is 10.1. The number of carbonyl (C=O) groups excluding carboxylic acids is 1. The van der Waals surface area contributed by atoms with E-state index in [1.165, 1.54) is 5.56 Å². The second kappa shape index (κ2) is 9.73. The number of aryl methyl sites for hydroxylation is 2. The van der Waals surface area contributed by atoms with E-state index in [1.807, 2.05) is 56.3 Å². The van der Waals surface area contributed by atoms with Crippen molar-refractivity contribution in [1.82, 2.24) is 5.32 Å². The minimum atomic E-state index is -0.470. The molecule has 2 aromatic carbocycles. The Balaban J connectivity index is 1.79. The van der Waals surface area contributed by atoms with Crippen molar-refractivity contribution in [1.29, 1.82) is 0 Å². The fraction of sp³-hybridized carbons (Fsp3) is 0.350. The average Bonchev–Trinajstić information content (AvgIpc) is 2.61. The van der Waals surface area contributed by atoms with Crippen molar-refractivity contribution >= 4 is 29.3 Å². The maximum Gasteiger partial charge on any atom is 0.261 e. The smallest absolute Gasteiger partial charge is 0.261 e. The molecule has 3 nitrogen and oxygen atoms in total. The van der Waals surface area contributed by atoms with Crippen LogP contribution in [0.15, 0.2) is 47.4 Å². The first kappa shape index (κ1) is 19.7. The van der Waals surface area contributed by atoms with Gasteiger partial charge in [0, 0.05) is 22.2 Å². The van der Waals surface area contributed by atoms with Crippen molar-refractivity contribution in [3.8, 4) is 5.75 Å². The highest BCUT2D eigenvalue weighted by Crippen LogP contribution is 2.20. The lowest BCUT2D eigenvalue weighted by Crippen LogP contribution is -2.39. The molecule has 0 aliphatic heterocycles. The van der Waals surface area contributed by atoms with Gasteiger partial charge in [0.15, 0.2) is 6.10 Å². The SMILES string of the molecule is CCC(Oc1ccc(C)c(C)c1)C(=O)NCCSc1ccc(Cl)cc1. The van der Waals surface area contributed by atoms with Gasteiger partial charge in [0.25, 0.3) is 5.91 Å². The molecule has 0 fully saturated rings. The molecular weight excluding hydrogens is 354 g/mol. The molecule has 0 spiro atoms. The van der Waals surface area contributed by atoms with E-state index in [0.717, 1.165) is 27.0 Å². The Kier molecular flexibility index (Phi) is 7.66. The number of carbonyl (C=O) groups is 1. The van der Waals surface area contributed by atoms with Gasteiger partial charge in [0.05, 0.1) is 0 Å². The lowest BCUT2D eigenvalue weighted by Gasteiger charge is -2.18. The molecule has 1 unspecified atom stereocenters. The maximum atomic E-state index is 12.3. The van der Waals surface area contributed by atoms with Crippen molar-refractivity contribution in [2.45, 2.75) is 38.2 Å². The van der Waals surface area contributed by atoms with Crippen LogP contribution in [0, 0.1) is 13.8 Å². The molecule has 0 aliphatic carbocycles. The molecule has 0 radical (unpaired) electrons. The number of ether oxygens (including phenoxy) is 1. The van der Waals surface area contributed by atoms with Crippen LogP contribution in [0.25, 0.3) is 0 Å². The minimum absolute atomic E-state index is 0.0718. The Labute approximate surface area is 159 Å². The highest BCUT2D eigenvalue weighted by molar-refractivity contribution is 7.99. The quantitative estimate of drug-likeness (QED) is 0.518. The van der Waals surface area contributed by atoms with Gasteiger partial charge in [-0.1, -0.05) is 24.6 Å². The van der Waals surface area contributed by atoms with Crippen LogP contribution < -0.4 is 10.1 Å². The van der Waals surface area contributed by atoms with Gasteiger partial charge in [0.2, 0.25) is 0 Å². The van der Waals surface area contributed by atoms with E-state index in [0.29, 0.717) is 13.0 Å². The summed E-state index contributed by atoms with van der Waals surface area (Å²) in [5.41, 5.74) is 2.37. The maximum absolute atomic E-state index is 12.3.